The van der Waals surface area contributed by atoms with E-state index in [4.69, 9.17) is 5.73 Å². The van der Waals surface area contributed by atoms with Crippen LogP contribution in [-0.4, -0.2) is 9.97 Å². The summed E-state index contributed by atoms with van der Waals surface area (Å²) >= 11 is 0. The smallest absolute Gasteiger partial charge is 0.161 e. The highest BCUT2D eigenvalue weighted by molar-refractivity contribution is 5.76. The van der Waals surface area contributed by atoms with E-state index < -0.39 is 0 Å². The van der Waals surface area contributed by atoms with Crippen LogP contribution in [0.25, 0.3) is 11.0 Å². The highest BCUT2D eigenvalue weighted by Gasteiger charge is 1.95. The maximum absolute atomic E-state index is 5.52. The Hall–Kier alpha value is -1.64. The molecule has 0 aliphatic carbocycles. The van der Waals surface area contributed by atoms with Crippen LogP contribution in [0.1, 0.15) is 7.12 Å². The van der Waals surface area contributed by atoms with Crippen molar-refractivity contribution in [3.05, 3.63) is 30.0 Å². The average Bonchev–Trinajstić information content (AvgIpc) is 2.03. The zero-order valence-electron chi connectivity index (χ0n) is 6.78. The Balaban J connectivity index is 0.000000845. The van der Waals surface area contributed by atoms with E-state index in [0.29, 0.717) is 5.82 Å². The quantitative estimate of drug-likeness (QED) is 0.640. The lowest BCUT2D eigenvalue weighted by Crippen LogP contribution is -1.92. The van der Waals surface area contributed by atoms with Gasteiger partial charge < -0.3 is 5.73 Å². The van der Waals surface area contributed by atoms with Crippen molar-refractivity contribution in [1.29, 1.82) is 0 Å². The molecule has 0 amide bonds. The lowest BCUT2D eigenvalue weighted by atomic mass is 10.2. The molecule has 0 atom stereocenters. The van der Waals surface area contributed by atoms with Gasteiger partial charge in [-0.15, -0.1) is 0 Å². The molecule has 3 nitrogen and oxygen atoms in total. The first-order valence-electron chi connectivity index (χ1n) is 3.75. The second kappa shape index (κ2) is 2.44. The van der Waals surface area contributed by atoms with Gasteiger partial charge in [-0.2, -0.15) is 0 Å². The summed E-state index contributed by atoms with van der Waals surface area (Å²) in [4.78, 5) is 8.35. The van der Waals surface area contributed by atoms with Gasteiger partial charge in [0.05, 0.1) is 0 Å². The molecule has 3 heteroatoms. The van der Waals surface area contributed by atoms with Crippen molar-refractivity contribution in [2.45, 2.75) is 6.92 Å². The van der Waals surface area contributed by atoms with Crippen LogP contribution in [0, 0.1) is 6.92 Å². The monoisotopic (exact) mass is 161 g/mol. The number of anilines is 1. The van der Waals surface area contributed by atoms with Gasteiger partial charge in [-0.3, -0.25) is 0 Å². The molecule has 2 N–H and O–H groups in total. The molecule has 0 aliphatic heterocycles. The fourth-order valence-corrected chi connectivity index (χ4v) is 1.11. The van der Waals surface area contributed by atoms with Crippen molar-refractivity contribution in [2.75, 3.05) is 5.73 Å². The largest absolute Gasteiger partial charge is 0.384 e. The van der Waals surface area contributed by atoms with Crippen molar-refractivity contribution < 1.29 is 1.43 Å². The van der Waals surface area contributed by atoms with Crippen molar-refractivity contribution in [3.63, 3.8) is 0 Å². The van der Waals surface area contributed by atoms with Crippen LogP contribution in [0.2, 0.25) is 0 Å². The first kappa shape index (κ1) is 7.03. The number of rotatable bonds is 0. The molecule has 0 radical (unpaired) electrons. The molecule has 2 aromatic heterocycles. The average molecular weight is 161 g/mol. The standard InChI is InChI=1S/C9H9N3.H2/c1-6-2-3-7-4-5-8(10)12-9(7)11-6;/h2-5H,1H3,(H2,10,11,12);1H. The van der Waals surface area contributed by atoms with Gasteiger partial charge in [0, 0.05) is 12.5 Å². The molecule has 0 saturated carbocycles. The summed E-state index contributed by atoms with van der Waals surface area (Å²) in [6, 6.07) is 7.65. The second-order valence-electron chi connectivity index (χ2n) is 2.74. The van der Waals surface area contributed by atoms with Gasteiger partial charge >= 0.3 is 0 Å². The number of pyridine rings is 2. The van der Waals surface area contributed by atoms with E-state index in [2.05, 4.69) is 9.97 Å². The zero-order valence-corrected chi connectivity index (χ0v) is 6.78. The molecule has 0 aromatic carbocycles. The number of nitrogen functional groups attached to an aromatic ring is 1. The van der Waals surface area contributed by atoms with Gasteiger partial charge in [-0.1, -0.05) is 0 Å². The maximum atomic E-state index is 5.52. The molecule has 0 bridgehead atoms. The maximum Gasteiger partial charge on any atom is 0.161 e. The van der Waals surface area contributed by atoms with E-state index >= 15 is 0 Å². The van der Waals surface area contributed by atoms with Crippen LogP contribution in [-0.2, 0) is 0 Å². The summed E-state index contributed by atoms with van der Waals surface area (Å²) in [6.07, 6.45) is 0. The number of nitrogens with zero attached hydrogens (tertiary/aromatic N) is 2. The molecule has 2 rings (SSSR count). The third-order valence-corrected chi connectivity index (χ3v) is 1.71. The van der Waals surface area contributed by atoms with Crippen molar-refractivity contribution >= 4 is 16.9 Å². The van der Waals surface area contributed by atoms with E-state index in [1.807, 2.05) is 25.1 Å². The summed E-state index contributed by atoms with van der Waals surface area (Å²) in [5.41, 5.74) is 7.20. The third kappa shape index (κ3) is 1.09. The van der Waals surface area contributed by atoms with Crippen LogP contribution in [0.15, 0.2) is 24.3 Å². The van der Waals surface area contributed by atoms with E-state index in [1.165, 1.54) is 0 Å². The predicted molar refractivity (Wildman–Crippen MR) is 50.8 cm³/mol. The third-order valence-electron chi connectivity index (χ3n) is 1.71. The summed E-state index contributed by atoms with van der Waals surface area (Å²) in [5.74, 6) is 0.514. The topological polar surface area (TPSA) is 51.8 Å². The molecular weight excluding hydrogens is 150 g/mol. The Kier molecular flexibility index (Phi) is 1.43. The van der Waals surface area contributed by atoms with Crippen molar-refractivity contribution in [1.82, 2.24) is 9.97 Å². The first-order valence-corrected chi connectivity index (χ1v) is 3.75. The Morgan fingerprint density at radius 1 is 1.17 bits per heavy atom. The molecule has 62 valence electrons. The first-order chi connectivity index (χ1) is 5.75. The molecular formula is C9H11N3. The minimum absolute atomic E-state index is 0. The molecule has 0 aliphatic rings. The van der Waals surface area contributed by atoms with E-state index in [-0.39, 0.29) is 1.43 Å². The van der Waals surface area contributed by atoms with Crippen molar-refractivity contribution in [2.24, 2.45) is 0 Å². The highest BCUT2D eigenvalue weighted by atomic mass is 14.9. The van der Waals surface area contributed by atoms with Gasteiger partial charge in [0.2, 0.25) is 0 Å². The van der Waals surface area contributed by atoms with Crippen LogP contribution in [0.5, 0.6) is 0 Å². The highest BCUT2D eigenvalue weighted by Crippen LogP contribution is 2.11. The fraction of sp³-hybridized carbons (Fsp3) is 0.111. The summed E-state index contributed by atoms with van der Waals surface area (Å²) < 4.78 is 0. The number of nitrogens with two attached hydrogens (primary N) is 1. The van der Waals surface area contributed by atoms with Gasteiger partial charge in [0.15, 0.2) is 5.65 Å². The van der Waals surface area contributed by atoms with Crippen LogP contribution in [0.3, 0.4) is 0 Å². The van der Waals surface area contributed by atoms with Gasteiger partial charge in [0.1, 0.15) is 5.82 Å². The molecule has 0 saturated heterocycles. The molecule has 0 unspecified atom stereocenters. The molecule has 0 fully saturated rings. The predicted octanol–water partition coefficient (Wildman–Crippen LogP) is 1.77. The van der Waals surface area contributed by atoms with E-state index in [1.54, 1.807) is 6.07 Å². The Morgan fingerprint density at radius 2 is 1.92 bits per heavy atom. The molecule has 12 heavy (non-hydrogen) atoms. The number of aromatic nitrogens is 2. The lowest BCUT2D eigenvalue weighted by molar-refractivity contribution is 1.21. The van der Waals surface area contributed by atoms with Crippen LogP contribution >= 0.6 is 0 Å². The minimum atomic E-state index is 0. The molecule has 2 heterocycles. The lowest BCUT2D eigenvalue weighted by Gasteiger charge is -1.97. The summed E-state index contributed by atoms with van der Waals surface area (Å²) in [6.45, 7) is 1.93. The fourth-order valence-electron chi connectivity index (χ4n) is 1.11. The Bertz CT molecular complexity index is 391. The number of aryl methyl sites for hydroxylation is 1. The van der Waals surface area contributed by atoms with Crippen LogP contribution in [0.4, 0.5) is 5.82 Å². The summed E-state index contributed by atoms with van der Waals surface area (Å²) in [7, 11) is 0. The van der Waals surface area contributed by atoms with Gasteiger partial charge in [-0.25, -0.2) is 9.97 Å². The van der Waals surface area contributed by atoms with E-state index in [0.717, 1.165) is 16.7 Å². The van der Waals surface area contributed by atoms with Crippen molar-refractivity contribution in [3.8, 4) is 0 Å². The minimum Gasteiger partial charge on any atom is -0.384 e. The van der Waals surface area contributed by atoms with Gasteiger partial charge in [-0.05, 0) is 31.2 Å². The number of fused-ring (bicyclic) bond motifs is 1. The SMILES string of the molecule is Cc1ccc2ccc(N)nc2n1.[HH]. The number of hydrogen-bond donors (Lipinski definition) is 1. The Morgan fingerprint density at radius 3 is 2.75 bits per heavy atom. The number of hydrogen-bond acceptors (Lipinski definition) is 3. The summed E-state index contributed by atoms with van der Waals surface area (Å²) in [5, 5.41) is 1.02. The molecule has 2 aromatic rings. The van der Waals surface area contributed by atoms with E-state index in [9.17, 15) is 0 Å². The molecule has 0 spiro atoms. The van der Waals surface area contributed by atoms with Crippen LogP contribution < -0.4 is 5.73 Å². The second-order valence-corrected chi connectivity index (χ2v) is 2.74. The Labute approximate surface area is 71.7 Å². The van der Waals surface area contributed by atoms with Gasteiger partial charge in [0.25, 0.3) is 0 Å². The normalized spacial score (nSPS) is 10.4. The zero-order chi connectivity index (χ0) is 8.55.